The highest BCUT2D eigenvalue weighted by atomic mass is 16.5. The Morgan fingerprint density at radius 2 is 2.24 bits per heavy atom. The fourth-order valence-corrected chi connectivity index (χ4v) is 2.88. The van der Waals surface area contributed by atoms with Crippen LogP contribution in [0.5, 0.6) is 0 Å². The maximum atomic E-state index is 12.0. The van der Waals surface area contributed by atoms with Gasteiger partial charge < -0.3 is 15.0 Å². The van der Waals surface area contributed by atoms with Crippen LogP contribution in [0.25, 0.3) is 0 Å². The number of amides is 1. The zero-order valence-corrected chi connectivity index (χ0v) is 12.6. The number of carbonyl (C=O) groups excluding carboxylic acids is 1. The number of pyridine rings is 1. The van der Waals surface area contributed by atoms with E-state index in [2.05, 4.69) is 21.3 Å². The summed E-state index contributed by atoms with van der Waals surface area (Å²) < 4.78 is 5.54. The third-order valence-corrected chi connectivity index (χ3v) is 3.99. The van der Waals surface area contributed by atoms with E-state index in [1.807, 2.05) is 31.3 Å². The molecule has 0 saturated carbocycles. The van der Waals surface area contributed by atoms with E-state index in [0.717, 1.165) is 25.5 Å². The molecule has 2 aliphatic heterocycles. The normalized spacial score (nSPS) is 26.1. The number of ether oxygens (including phenoxy) is 1. The number of nitrogens with zero attached hydrogens (tertiary/aromatic N) is 3. The molecule has 0 aliphatic carbocycles. The van der Waals surface area contributed by atoms with Gasteiger partial charge in [-0.1, -0.05) is 6.07 Å². The second-order valence-corrected chi connectivity index (χ2v) is 6.05. The molecule has 0 spiro atoms. The smallest absolute Gasteiger partial charge is 0.227 e. The molecule has 1 aromatic heterocycles. The standard InChI is InChI=1S/C15H22N4O2/c1-18(2)14-4-3-11(5-16-14)6-19-7-12-9-21-10-13(8-19)17-15(12)20/h3-5,12-13H,6-10H2,1-2H3,(H,17,20)/t12-,13+/m1/s1. The Morgan fingerprint density at radius 1 is 1.38 bits per heavy atom. The highest BCUT2D eigenvalue weighted by molar-refractivity contribution is 5.79. The van der Waals surface area contributed by atoms with E-state index in [1.165, 1.54) is 5.56 Å². The predicted octanol–water partition coefficient (Wildman–Crippen LogP) is 0.0944. The van der Waals surface area contributed by atoms with Crippen molar-refractivity contribution in [2.24, 2.45) is 5.92 Å². The summed E-state index contributed by atoms with van der Waals surface area (Å²) in [5, 5.41) is 3.05. The molecule has 1 N–H and O–H groups in total. The first-order chi connectivity index (χ1) is 10.1. The van der Waals surface area contributed by atoms with E-state index in [0.29, 0.717) is 13.2 Å². The van der Waals surface area contributed by atoms with Crippen LogP contribution in [0.15, 0.2) is 18.3 Å². The van der Waals surface area contributed by atoms with Crippen LogP contribution in [0.2, 0.25) is 0 Å². The van der Waals surface area contributed by atoms with Crippen LogP contribution < -0.4 is 10.2 Å². The van der Waals surface area contributed by atoms with Gasteiger partial charge in [-0.25, -0.2) is 4.98 Å². The van der Waals surface area contributed by atoms with Gasteiger partial charge in [0.05, 0.1) is 25.2 Å². The molecule has 21 heavy (non-hydrogen) atoms. The molecule has 3 rings (SSSR count). The molecule has 2 bridgehead atoms. The largest absolute Gasteiger partial charge is 0.378 e. The lowest BCUT2D eigenvalue weighted by molar-refractivity contribution is -0.125. The summed E-state index contributed by atoms with van der Waals surface area (Å²) in [6, 6.07) is 4.23. The molecule has 6 nitrogen and oxygen atoms in total. The van der Waals surface area contributed by atoms with E-state index in [-0.39, 0.29) is 17.9 Å². The van der Waals surface area contributed by atoms with Crippen molar-refractivity contribution in [2.45, 2.75) is 12.6 Å². The van der Waals surface area contributed by atoms with Crippen LogP contribution in [0.3, 0.4) is 0 Å². The quantitative estimate of drug-likeness (QED) is 0.855. The van der Waals surface area contributed by atoms with Gasteiger partial charge in [-0.3, -0.25) is 9.69 Å². The van der Waals surface area contributed by atoms with Gasteiger partial charge in [0.1, 0.15) is 5.82 Å². The van der Waals surface area contributed by atoms with Crippen molar-refractivity contribution >= 4 is 11.7 Å². The highest BCUT2D eigenvalue weighted by Gasteiger charge is 2.33. The molecule has 0 aromatic carbocycles. The van der Waals surface area contributed by atoms with Crippen LogP contribution in [0.1, 0.15) is 5.56 Å². The van der Waals surface area contributed by atoms with Gasteiger partial charge in [-0.2, -0.15) is 0 Å². The van der Waals surface area contributed by atoms with Crippen molar-refractivity contribution in [3.8, 4) is 0 Å². The first-order valence-electron chi connectivity index (χ1n) is 7.34. The first-order valence-corrected chi connectivity index (χ1v) is 7.34. The molecule has 6 heteroatoms. The van der Waals surface area contributed by atoms with Gasteiger partial charge in [0.15, 0.2) is 0 Å². The van der Waals surface area contributed by atoms with Crippen LogP contribution in [-0.4, -0.2) is 62.2 Å². The summed E-state index contributed by atoms with van der Waals surface area (Å²) in [5.74, 6) is 1.02. The number of hydrogen-bond acceptors (Lipinski definition) is 5. The summed E-state index contributed by atoms with van der Waals surface area (Å²) in [6.07, 6.45) is 1.92. The lowest BCUT2D eigenvalue weighted by atomic mass is 10.1. The first kappa shape index (κ1) is 14.3. The monoisotopic (exact) mass is 290 g/mol. The van der Waals surface area contributed by atoms with E-state index >= 15 is 0 Å². The van der Waals surface area contributed by atoms with Crippen molar-refractivity contribution in [1.29, 1.82) is 0 Å². The summed E-state index contributed by atoms with van der Waals surface area (Å²) in [4.78, 5) is 20.7. The van der Waals surface area contributed by atoms with Crippen molar-refractivity contribution in [3.63, 3.8) is 0 Å². The molecule has 1 aromatic rings. The summed E-state index contributed by atoms with van der Waals surface area (Å²) in [7, 11) is 3.96. The number of aromatic nitrogens is 1. The fourth-order valence-electron chi connectivity index (χ4n) is 2.88. The Bertz CT molecular complexity index is 503. The van der Waals surface area contributed by atoms with Gasteiger partial charge in [-0.05, 0) is 11.6 Å². The zero-order valence-electron chi connectivity index (χ0n) is 12.6. The van der Waals surface area contributed by atoms with Crippen molar-refractivity contribution in [3.05, 3.63) is 23.9 Å². The van der Waals surface area contributed by atoms with E-state index in [9.17, 15) is 4.79 Å². The Labute approximate surface area is 125 Å². The molecule has 2 aliphatic rings. The minimum atomic E-state index is -0.0634. The van der Waals surface area contributed by atoms with Crippen LogP contribution in [0.4, 0.5) is 5.82 Å². The molecule has 0 radical (unpaired) electrons. The molecule has 0 unspecified atom stereocenters. The van der Waals surface area contributed by atoms with E-state index < -0.39 is 0 Å². The van der Waals surface area contributed by atoms with Crippen molar-refractivity contribution in [2.75, 3.05) is 45.3 Å². The number of fused-ring (bicyclic) bond motifs is 3. The SMILES string of the molecule is CN(C)c1ccc(CN2C[C@H]3COC[C@@H](C2)C(=O)N3)cn1. The summed E-state index contributed by atoms with van der Waals surface area (Å²) in [6.45, 7) is 3.53. The highest BCUT2D eigenvalue weighted by Crippen LogP contribution is 2.17. The maximum Gasteiger partial charge on any atom is 0.227 e. The second kappa shape index (κ2) is 5.99. The Hall–Kier alpha value is -1.66. The maximum absolute atomic E-state index is 12.0. The van der Waals surface area contributed by atoms with Crippen molar-refractivity contribution in [1.82, 2.24) is 15.2 Å². The van der Waals surface area contributed by atoms with Crippen LogP contribution in [-0.2, 0) is 16.1 Å². The van der Waals surface area contributed by atoms with Gasteiger partial charge in [0.2, 0.25) is 5.91 Å². The summed E-state index contributed by atoms with van der Waals surface area (Å²) >= 11 is 0. The number of rotatable bonds is 3. The van der Waals surface area contributed by atoms with Gasteiger partial charge in [-0.15, -0.1) is 0 Å². The average Bonchev–Trinajstić information content (AvgIpc) is 2.68. The summed E-state index contributed by atoms with van der Waals surface area (Å²) in [5.41, 5.74) is 1.17. The molecular formula is C15H22N4O2. The molecule has 2 atom stereocenters. The van der Waals surface area contributed by atoms with Gasteiger partial charge >= 0.3 is 0 Å². The number of anilines is 1. The minimum Gasteiger partial charge on any atom is -0.378 e. The van der Waals surface area contributed by atoms with Crippen LogP contribution in [0, 0.1) is 5.92 Å². The number of nitrogens with one attached hydrogen (secondary N) is 1. The Morgan fingerprint density at radius 3 is 2.95 bits per heavy atom. The molecular weight excluding hydrogens is 268 g/mol. The molecule has 1 amide bonds. The van der Waals surface area contributed by atoms with E-state index in [1.54, 1.807) is 0 Å². The second-order valence-electron chi connectivity index (χ2n) is 6.05. The lowest BCUT2D eigenvalue weighted by Crippen LogP contribution is -2.41. The number of hydrogen-bond donors (Lipinski definition) is 1. The molecule has 3 heterocycles. The molecule has 2 saturated heterocycles. The molecule has 2 fully saturated rings. The van der Waals surface area contributed by atoms with Gasteiger partial charge in [0, 0.05) is 39.9 Å². The third-order valence-electron chi connectivity index (χ3n) is 3.99. The Balaban J connectivity index is 1.68. The lowest BCUT2D eigenvalue weighted by Gasteiger charge is -2.27. The third kappa shape index (κ3) is 3.33. The minimum absolute atomic E-state index is 0.0634. The van der Waals surface area contributed by atoms with Gasteiger partial charge in [0.25, 0.3) is 0 Å². The Kier molecular flexibility index (Phi) is 4.07. The van der Waals surface area contributed by atoms with Crippen LogP contribution >= 0.6 is 0 Å². The average molecular weight is 290 g/mol. The van der Waals surface area contributed by atoms with E-state index in [4.69, 9.17) is 4.74 Å². The number of carbonyl (C=O) groups is 1. The van der Waals surface area contributed by atoms with Crippen molar-refractivity contribution < 1.29 is 9.53 Å². The predicted molar refractivity (Wildman–Crippen MR) is 80.1 cm³/mol. The topological polar surface area (TPSA) is 57.7 Å². The fraction of sp³-hybridized carbons (Fsp3) is 0.600. The molecule has 114 valence electrons. The zero-order chi connectivity index (χ0) is 14.8.